The number of aliphatic hydroxyl groups excluding tert-OH is 2. The molecule has 0 bridgehead atoms. The van der Waals surface area contributed by atoms with Gasteiger partial charge in [0.25, 0.3) is 0 Å². The summed E-state index contributed by atoms with van der Waals surface area (Å²) < 4.78 is 6.03. The van der Waals surface area contributed by atoms with Crippen LogP contribution in [0.2, 0.25) is 0 Å². The second kappa shape index (κ2) is 17.9. The molecule has 10 atom stereocenters. The van der Waals surface area contributed by atoms with Gasteiger partial charge in [-0.1, -0.05) is 96.1 Å². The number of hydrogen-bond donors (Lipinski definition) is 3. The van der Waals surface area contributed by atoms with Crippen LogP contribution in [0.1, 0.15) is 139 Å². The van der Waals surface area contributed by atoms with Gasteiger partial charge in [-0.2, -0.15) is 0 Å². The quantitative estimate of drug-likeness (QED) is 0.0992. The molecule has 3 rings (SSSR count). The van der Waals surface area contributed by atoms with Crippen LogP contribution >= 0.6 is 0 Å². The van der Waals surface area contributed by atoms with Crippen molar-refractivity contribution in [2.75, 3.05) is 0 Å². The second-order valence-electron chi connectivity index (χ2n) is 16.6. The predicted octanol–water partition coefficient (Wildman–Crippen LogP) is 10.5. The Morgan fingerprint density at radius 1 is 1.09 bits per heavy atom. The first-order valence-electron chi connectivity index (χ1n) is 19.2. The van der Waals surface area contributed by atoms with E-state index in [9.17, 15) is 15.3 Å². The maximum absolute atomic E-state index is 11.4. The summed E-state index contributed by atoms with van der Waals surface area (Å²) in [4.78, 5) is 0. The third-order valence-corrected chi connectivity index (χ3v) is 12.5. The molecule has 2 saturated carbocycles. The standard InChI is InChI=1S/C43H72O4/c1-11-15-34-26-37(44)23-25-43(10,46)41(47-29(3)4)22-19-31(6)38(27-34)30(5)16-14-24-42(9,36-17-13-18-36)28-39(35-20-21-35)32(7)33(8)40(45)12-2/h14-16,19,22,24,31-33,35-41,44-46H,3,11-13,17-18,20-21,23,25-28H2,1-2,4-10H3/b22-19+,24-14+,30-16+,34-15-. The lowest BCUT2D eigenvalue weighted by Gasteiger charge is -2.45. The highest BCUT2D eigenvalue weighted by Crippen LogP contribution is 2.53. The van der Waals surface area contributed by atoms with E-state index >= 15 is 0 Å². The Hall–Kier alpha value is -1.62. The third kappa shape index (κ3) is 11.5. The monoisotopic (exact) mass is 653 g/mol. The molecule has 0 heterocycles. The van der Waals surface area contributed by atoms with E-state index in [0.717, 1.165) is 31.1 Å². The highest BCUT2D eigenvalue weighted by molar-refractivity contribution is 5.22. The van der Waals surface area contributed by atoms with E-state index in [0.29, 0.717) is 42.8 Å². The summed E-state index contributed by atoms with van der Waals surface area (Å²) in [5, 5.41) is 33.2. The van der Waals surface area contributed by atoms with Crippen LogP contribution in [-0.4, -0.2) is 39.2 Å². The van der Waals surface area contributed by atoms with Crippen LogP contribution in [0, 0.1) is 46.8 Å². The molecule has 0 spiro atoms. The zero-order valence-electron chi connectivity index (χ0n) is 31.7. The molecule has 3 aliphatic rings. The van der Waals surface area contributed by atoms with Gasteiger partial charge < -0.3 is 20.1 Å². The average Bonchev–Trinajstić information content (AvgIpc) is 3.82. The van der Waals surface area contributed by atoms with Crippen LogP contribution in [-0.2, 0) is 4.74 Å². The van der Waals surface area contributed by atoms with Gasteiger partial charge in [0.05, 0.1) is 18.0 Å². The molecule has 0 radical (unpaired) electrons. The predicted molar refractivity (Wildman–Crippen MR) is 199 cm³/mol. The van der Waals surface area contributed by atoms with E-state index in [4.69, 9.17) is 4.74 Å². The lowest BCUT2D eigenvalue weighted by Crippen LogP contribution is -2.40. The van der Waals surface area contributed by atoms with Gasteiger partial charge in [-0.05, 0) is 144 Å². The molecule has 47 heavy (non-hydrogen) atoms. The molecule has 2 fully saturated rings. The summed E-state index contributed by atoms with van der Waals surface area (Å²) in [5.41, 5.74) is 1.70. The SMILES string of the molecule is C=C(C)OC1/C=C/C(C)C(/C(C)=C/C=C/C(C)(CC(C2CC2)C(C)C(C)C(O)CC)C2CCC2)C/C(=C\CC)CC(O)CCC1(C)O. The van der Waals surface area contributed by atoms with Gasteiger partial charge in [0.1, 0.15) is 11.7 Å². The summed E-state index contributed by atoms with van der Waals surface area (Å²) in [5.74, 6) is 4.10. The highest BCUT2D eigenvalue weighted by atomic mass is 16.5. The Bertz CT molecular complexity index is 1100. The molecule has 0 aromatic heterocycles. The van der Waals surface area contributed by atoms with Crippen LogP contribution in [0.25, 0.3) is 0 Å². The number of rotatable bonds is 14. The third-order valence-electron chi connectivity index (χ3n) is 12.5. The van der Waals surface area contributed by atoms with Crippen molar-refractivity contribution >= 4 is 0 Å². The number of allylic oxidation sites excluding steroid dienone is 7. The highest BCUT2D eigenvalue weighted by Gasteiger charge is 2.44. The number of ether oxygens (including phenoxy) is 1. The fourth-order valence-electron chi connectivity index (χ4n) is 8.50. The van der Waals surface area contributed by atoms with Crippen molar-refractivity contribution in [2.24, 2.45) is 46.8 Å². The minimum atomic E-state index is -1.11. The number of hydrogen-bond acceptors (Lipinski definition) is 4. The fraction of sp³-hybridized carbons (Fsp3) is 0.767. The Morgan fingerprint density at radius 2 is 1.77 bits per heavy atom. The Labute approximate surface area is 289 Å². The maximum atomic E-state index is 11.4. The summed E-state index contributed by atoms with van der Waals surface area (Å²) in [6.07, 6.45) is 24.7. The molecular weight excluding hydrogens is 580 g/mol. The largest absolute Gasteiger partial charge is 0.489 e. The molecule has 268 valence electrons. The zero-order valence-corrected chi connectivity index (χ0v) is 31.7. The molecule has 3 N–H and O–H groups in total. The second-order valence-corrected chi connectivity index (χ2v) is 16.6. The first-order valence-corrected chi connectivity index (χ1v) is 19.2. The molecule has 3 aliphatic carbocycles. The molecule has 0 aliphatic heterocycles. The Balaban J connectivity index is 1.92. The van der Waals surface area contributed by atoms with Gasteiger partial charge in [-0.3, -0.25) is 0 Å². The summed E-state index contributed by atoms with van der Waals surface area (Å²) in [6.45, 7) is 23.6. The molecule has 0 aromatic carbocycles. The minimum absolute atomic E-state index is 0.154. The van der Waals surface area contributed by atoms with Crippen LogP contribution < -0.4 is 0 Å². The van der Waals surface area contributed by atoms with Crippen molar-refractivity contribution in [1.29, 1.82) is 0 Å². The van der Waals surface area contributed by atoms with E-state index in [-0.39, 0.29) is 23.4 Å². The van der Waals surface area contributed by atoms with Crippen molar-refractivity contribution < 1.29 is 20.1 Å². The Kier molecular flexibility index (Phi) is 15.1. The first kappa shape index (κ1) is 39.8. The minimum Gasteiger partial charge on any atom is -0.489 e. The normalized spacial score (nSPS) is 34.0. The summed E-state index contributed by atoms with van der Waals surface area (Å²) >= 11 is 0. The van der Waals surface area contributed by atoms with E-state index in [1.54, 1.807) is 0 Å². The van der Waals surface area contributed by atoms with Gasteiger partial charge in [0.2, 0.25) is 0 Å². The van der Waals surface area contributed by atoms with Crippen molar-refractivity contribution in [2.45, 2.75) is 163 Å². The smallest absolute Gasteiger partial charge is 0.145 e. The van der Waals surface area contributed by atoms with Crippen molar-refractivity contribution in [3.8, 4) is 0 Å². The summed E-state index contributed by atoms with van der Waals surface area (Å²) in [7, 11) is 0. The van der Waals surface area contributed by atoms with Crippen LogP contribution in [0.3, 0.4) is 0 Å². The van der Waals surface area contributed by atoms with Gasteiger partial charge in [-0.25, -0.2) is 0 Å². The molecule has 4 heteroatoms. The maximum Gasteiger partial charge on any atom is 0.145 e. The number of aliphatic hydroxyl groups is 3. The first-order chi connectivity index (χ1) is 22.1. The topological polar surface area (TPSA) is 69.9 Å². The van der Waals surface area contributed by atoms with E-state index in [1.807, 2.05) is 19.9 Å². The lowest BCUT2D eigenvalue weighted by molar-refractivity contribution is -0.0635. The van der Waals surface area contributed by atoms with Crippen LogP contribution in [0.5, 0.6) is 0 Å². The van der Waals surface area contributed by atoms with Gasteiger partial charge in [0, 0.05) is 0 Å². The van der Waals surface area contributed by atoms with Crippen molar-refractivity contribution in [3.05, 3.63) is 59.9 Å². The molecule has 0 amide bonds. The van der Waals surface area contributed by atoms with Crippen molar-refractivity contribution in [3.63, 3.8) is 0 Å². The average molecular weight is 653 g/mol. The van der Waals surface area contributed by atoms with E-state index in [2.05, 4.69) is 85.4 Å². The molecule has 10 unspecified atom stereocenters. The van der Waals surface area contributed by atoms with E-state index in [1.165, 1.54) is 49.7 Å². The Morgan fingerprint density at radius 3 is 2.32 bits per heavy atom. The van der Waals surface area contributed by atoms with Crippen LogP contribution in [0.4, 0.5) is 0 Å². The molecule has 0 saturated heterocycles. The van der Waals surface area contributed by atoms with Crippen molar-refractivity contribution in [1.82, 2.24) is 0 Å². The van der Waals surface area contributed by atoms with Gasteiger partial charge in [-0.15, -0.1) is 0 Å². The van der Waals surface area contributed by atoms with E-state index < -0.39 is 17.8 Å². The van der Waals surface area contributed by atoms with Gasteiger partial charge >= 0.3 is 0 Å². The molecular formula is C43H72O4. The lowest BCUT2D eigenvalue weighted by atomic mass is 9.60. The fourth-order valence-corrected chi connectivity index (χ4v) is 8.50. The molecule has 0 aromatic rings. The van der Waals surface area contributed by atoms with Gasteiger partial charge in [0.15, 0.2) is 0 Å². The summed E-state index contributed by atoms with van der Waals surface area (Å²) in [6, 6.07) is 0. The van der Waals surface area contributed by atoms with Crippen LogP contribution in [0.15, 0.2) is 59.9 Å². The zero-order chi connectivity index (χ0) is 34.9. The molecule has 4 nitrogen and oxygen atoms in total.